The van der Waals surface area contributed by atoms with Gasteiger partial charge in [-0.2, -0.15) is 0 Å². The van der Waals surface area contributed by atoms with Gasteiger partial charge in [0.2, 0.25) is 0 Å². The van der Waals surface area contributed by atoms with Crippen LogP contribution in [0.2, 0.25) is 0 Å². The van der Waals surface area contributed by atoms with Crippen molar-refractivity contribution in [2.24, 2.45) is 0 Å². The van der Waals surface area contributed by atoms with Crippen molar-refractivity contribution in [1.29, 1.82) is 0 Å². The van der Waals surface area contributed by atoms with E-state index in [4.69, 9.17) is 14.3 Å². The van der Waals surface area contributed by atoms with Gasteiger partial charge in [-0.05, 0) is 52.4 Å². The van der Waals surface area contributed by atoms with Crippen LogP contribution >= 0.6 is 0 Å². The SMILES string of the molecule is CC(CN(CCc1cc2cc(CC(=O)O)ccc2o1)Cc1ccc2c(c1)CCO2)c1ccccc1. The van der Waals surface area contributed by atoms with E-state index in [0.717, 1.165) is 67.1 Å². The van der Waals surface area contributed by atoms with E-state index >= 15 is 0 Å². The molecule has 0 spiro atoms. The van der Waals surface area contributed by atoms with Gasteiger partial charge in [-0.1, -0.05) is 55.5 Å². The van der Waals surface area contributed by atoms with E-state index in [0.29, 0.717) is 5.92 Å². The first-order chi connectivity index (χ1) is 17.0. The van der Waals surface area contributed by atoms with Crippen molar-refractivity contribution < 1.29 is 19.1 Å². The number of nitrogens with zero attached hydrogens (tertiary/aromatic N) is 1. The highest BCUT2D eigenvalue weighted by molar-refractivity contribution is 5.80. The third-order valence-corrected chi connectivity index (χ3v) is 6.72. The Bertz CT molecular complexity index is 1310. The van der Waals surface area contributed by atoms with Gasteiger partial charge in [0.15, 0.2) is 0 Å². The van der Waals surface area contributed by atoms with Gasteiger partial charge in [0.1, 0.15) is 17.1 Å². The Morgan fingerprint density at radius 1 is 1.03 bits per heavy atom. The van der Waals surface area contributed by atoms with Crippen LogP contribution < -0.4 is 4.74 Å². The van der Waals surface area contributed by atoms with Crippen LogP contribution in [-0.2, 0) is 30.6 Å². The van der Waals surface area contributed by atoms with Crippen molar-refractivity contribution >= 4 is 16.9 Å². The lowest BCUT2D eigenvalue weighted by atomic mass is 10.00. The first-order valence-electron chi connectivity index (χ1n) is 12.3. The first kappa shape index (κ1) is 23.2. The van der Waals surface area contributed by atoms with Gasteiger partial charge in [0, 0.05) is 37.9 Å². The summed E-state index contributed by atoms with van der Waals surface area (Å²) in [6.45, 7) is 5.73. The van der Waals surface area contributed by atoms with E-state index in [2.05, 4.69) is 60.4 Å². The second kappa shape index (κ2) is 10.4. The minimum atomic E-state index is -0.825. The molecule has 1 aliphatic heterocycles. The fourth-order valence-electron chi connectivity index (χ4n) is 4.93. The van der Waals surface area contributed by atoms with Gasteiger partial charge in [0.05, 0.1) is 13.0 Å². The summed E-state index contributed by atoms with van der Waals surface area (Å²) in [6, 6.07) is 24.9. The molecule has 1 aliphatic rings. The van der Waals surface area contributed by atoms with Gasteiger partial charge in [-0.15, -0.1) is 0 Å². The van der Waals surface area contributed by atoms with Crippen molar-refractivity contribution in [2.45, 2.75) is 38.6 Å². The number of carboxylic acids is 1. The molecule has 5 rings (SSSR count). The Balaban J connectivity index is 1.31. The molecular formula is C30H31NO4. The number of fused-ring (bicyclic) bond motifs is 2. The summed E-state index contributed by atoms with van der Waals surface area (Å²) in [5.74, 6) is 1.52. The smallest absolute Gasteiger partial charge is 0.307 e. The second-order valence-electron chi connectivity index (χ2n) is 9.49. The molecule has 0 aliphatic carbocycles. The Morgan fingerprint density at radius 3 is 2.69 bits per heavy atom. The average molecular weight is 470 g/mol. The number of benzene rings is 3. The zero-order chi connectivity index (χ0) is 24.2. The van der Waals surface area contributed by atoms with Crippen molar-refractivity contribution in [3.05, 3.63) is 101 Å². The fraction of sp³-hybridized carbons (Fsp3) is 0.300. The maximum absolute atomic E-state index is 11.1. The highest BCUT2D eigenvalue weighted by Gasteiger charge is 2.17. The van der Waals surface area contributed by atoms with E-state index < -0.39 is 5.97 Å². The minimum Gasteiger partial charge on any atom is -0.493 e. The molecule has 5 nitrogen and oxygen atoms in total. The maximum atomic E-state index is 11.1. The zero-order valence-electron chi connectivity index (χ0n) is 20.1. The number of hydrogen-bond acceptors (Lipinski definition) is 4. The second-order valence-corrected chi connectivity index (χ2v) is 9.49. The fourth-order valence-corrected chi connectivity index (χ4v) is 4.93. The lowest BCUT2D eigenvalue weighted by molar-refractivity contribution is -0.136. The molecule has 1 aromatic heterocycles. The third-order valence-electron chi connectivity index (χ3n) is 6.72. The molecule has 1 atom stereocenters. The maximum Gasteiger partial charge on any atom is 0.307 e. The van der Waals surface area contributed by atoms with Crippen molar-refractivity contribution in [2.75, 3.05) is 19.7 Å². The van der Waals surface area contributed by atoms with Gasteiger partial charge in [0.25, 0.3) is 0 Å². The molecule has 2 heterocycles. The molecule has 3 aromatic carbocycles. The molecule has 0 bridgehead atoms. The molecule has 0 radical (unpaired) electrons. The van der Waals surface area contributed by atoms with Crippen LogP contribution in [-0.4, -0.2) is 35.7 Å². The predicted molar refractivity (Wildman–Crippen MR) is 137 cm³/mol. The van der Waals surface area contributed by atoms with Crippen LogP contribution in [0, 0.1) is 0 Å². The molecule has 0 saturated carbocycles. The molecule has 0 amide bonds. The number of ether oxygens (including phenoxy) is 1. The summed E-state index contributed by atoms with van der Waals surface area (Å²) >= 11 is 0. The average Bonchev–Trinajstić information content (AvgIpc) is 3.48. The molecule has 5 heteroatoms. The van der Waals surface area contributed by atoms with Gasteiger partial charge >= 0.3 is 5.97 Å². The molecule has 35 heavy (non-hydrogen) atoms. The van der Waals surface area contributed by atoms with Crippen LogP contribution in [0.15, 0.2) is 77.2 Å². The zero-order valence-corrected chi connectivity index (χ0v) is 20.1. The third kappa shape index (κ3) is 5.75. The minimum absolute atomic E-state index is 0.0213. The van der Waals surface area contributed by atoms with Crippen molar-refractivity contribution in [1.82, 2.24) is 4.90 Å². The van der Waals surface area contributed by atoms with E-state index in [9.17, 15) is 4.79 Å². The van der Waals surface area contributed by atoms with Gasteiger partial charge in [-0.25, -0.2) is 0 Å². The summed E-state index contributed by atoms with van der Waals surface area (Å²) in [7, 11) is 0. The largest absolute Gasteiger partial charge is 0.493 e. The van der Waals surface area contributed by atoms with Gasteiger partial charge in [-0.3, -0.25) is 9.69 Å². The molecule has 0 saturated heterocycles. The lowest BCUT2D eigenvalue weighted by Crippen LogP contribution is -2.29. The lowest BCUT2D eigenvalue weighted by Gasteiger charge is -2.26. The number of rotatable bonds is 10. The molecule has 4 aromatic rings. The number of furan rings is 1. The summed E-state index contributed by atoms with van der Waals surface area (Å²) in [5, 5.41) is 10.0. The van der Waals surface area contributed by atoms with E-state index in [1.807, 2.05) is 24.3 Å². The number of carbonyl (C=O) groups is 1. The number of carboxylic acid groups (broad SMARTS) is 1. The standard InChI is InChI=1S/C30H31NO4/c1-21(24-5-3-2-4-6-24)19-31(20-23-8-9-28-25(16-23)12-14-34-28)13-11-27-18-26-15-22(17-30(32)33)7-10-29(26)35-27/h2-10,15-16,18,21H,11-14,17,19-20H2,1H3,(H,32,33). The van der Waals surface area contributed by atoms with Crippen molar-refractivity contribution in [3.63, 3.8) is 0 Å². The topological polar surface area (TPSA) is 62.9 Å². The first-order valence-corrected chi connectivity index (χ1v) is 12.3. The monoisotopic (exact) mass is 469 g/mol. The van der Waals surface area contributed by atoms with Crippen molar-refractivity contribution in [3.8, 4) is 5.75 Å². The number of aliphatic carboxylic acids is 1. The molecule has 0 fully saturated rings. The summed E-state index contributed by atoms with van der Waals surface area (Å²) < 4.78 is 11.8. The Labute approximate surface area is 205 Å². The molecular weight excluding hydrogens is 438 g/mol. The Morgan fingerprint density at radius 2 is 1.86 bits per heavy atom. The summed E-state index contributed by atoms with van der Waals surface area (Å²) in [6.07, 6.45) is 1.79. The van der Waals surface area contributed by atoms with Crippen LogP contribution in [0.3, 0.4) is 0 Å². The molecule has 1 unspecified atom stereocenters. The van der Waals surface area contributed by atoms with Crippen LogP contribution in [0.25, 0.3) is 11.0 Å². The quantitative estimate of drug-likeness (QED) is 0.316. The van der Waals surface area contributed by atoms with Crippen LogP contribution in [0.1, 0.15) is 40.9 Å². The molecule has 1 N–H and O–H groups in total. The van der Waals surface area contributed by atoms with E-state index in [1.54, 1.807) is 0 Å². The predicted octanol–water partition coefficient (Wildman–Crippen LogP) is 5.84. The molecule has 180 valence electrons. The normalized spacial score (nSPS) is 13.7. The van der Waals surface area contributed by atoms with Crippen LogP contribution in [0.4, 0.5) is 0 Å². The Kier molecular flexibility index (Phi) is 6.87. The summed E-state index contributed by atoms with van der Waals surface area (Å²) in [4.78, 5) is 13.6. The number of hydrogen-bond donors (Lipinski definition) is 1. The highest BCUT2D eigenvalue weighted by atomic mass is 16.5. The van der Waals surface area contributed by atoms with Gasteiger partial charge < -0.3 is 14.3 Å². The van der Waals surface area contributed by atoms with Crippen LogP contribution in [0.5, 0.6) is 5.75 Å². The summed E-state index contributed by atoms with van der Waals surface area (Å²) in [5.41, 5.74) is 5.54. The van der Waals surface area contributed by atoms with E-state index in [-0.39, 0.29) is 6.42 Å². The highest BCUT2D eigenvalue weighted by Crippen LogP contribution is 2.27. The Hall–Kier alpha value is -3.57. The van der Waals surface area contributed by atoms with E-state index in [1.165, 1.54) is 16.7 Å².